The number of carbonyl (C=O) groups is 1. The fourth-order valence-electron chi connectivity index (χ4n) is 3.47. The maximum atomic E-state index is 12.6. The van der Waals surface area contributed by atoms with E-state index in [1.165, 1.54) is 17.3 Å². The topological polar surface area (TPSA) is 49.6 Å². The quantitative estimate of drug-likeness (QED) is 0.667. The van der Waals surface area contributed by atoms with Crippen molar-refractivity contribution in [2.45, 2.75) is 36.3 Å². The largest absolute Gasteiger partial charge is 0.351 e. The second kappa shape index (κ2) is 8.15. The van der Waals surface area contributed by atoms with E-state index in [-0.39, 0.29) is 17.2 Å². The lowest BCUT2D eigenvalue weighted by Crippen LogP contribution is -2.40. The first-order valence-electron chi connectivity index (χ1n) is 9.34. The van der Waals surface area contributed by atoms with Gasteiger partial charge in [0.05, 0.1) is 17.0 Å². The molecule has 1 N–H and O–H groups in total. The van der Waals surface area contributed by atoms with Crippen LogP contribution in [0, 0.1) is 0 Å². The van der Waals surface area contributed by atoms with Gasteiger partial charge in [0.15, 0.2) is 5.16 Å². The van der Waals surface area contributed by atoms with Crippen LogP contribution >= 0.6 is 11.8 Å². The van der Waals surface area contributed by atoms with Gasteiger partial charge in [-0.1, -0.05) is 48.2 Å². The van der Waals surface area contributed by atoms with Crippen LogP contribution < -0.4 is 5.32 Å². The van der Waals surface area contributed by atoms with E-state index in [2.05, 4.69) is 39.5 Å². The monoisotopic (exact) mass is 380 g/mol. The van der Waals surface area contributed by atoms with Crippen LogP contribution in [0.5, 0.6) is 0 Å². The van der Waals surface area contributed by atoms with Crippen molar-refractivity contribution < 1.29 is 4.79 Å². The van der Waals surface area contributed by atoms with Crippen LogP contribution in [0.2, 0.25) is 0 Å². The summed E-state index contributed by atoms with van der Waals surface area (Å²) in [5.74, 6) is 0.0826. The highest BCUT2D eigenvalue weighted by molar-refractivity contribution is 8.00. The normalized spacial score (nSPS) is 18.6. The minimum atomic E-state index is -0.182. The molecule has 0 radical (unpaired) electrons. The van der Waals surface area contributed by atoms with Crippen molar-refractivity contribution in [1.82, 2.24) is 19.6 Å². The van der Waals surface area contributed by atoms with Crippen LogP contribution in [0.25, 0.3) is 5.52 Å². The fraction of sp³-hybridized carbons (Fsp3) is 0.333. The number of thioether (sulfide) groups is 1. The molecule has 1 amide bonds. The summed E-state index contributed by atoms with van der Waals surface area (Å²) < 4.78 is 2.02. The maximum Gasteiger partial charge on any atom is 0.233 e. The molecule has 140 valence electrons. The molecule has 3 aromatic rings. The second-order valence-electron chi connectivity index (χ2n) is 7.01. The first kappa shape index (κ1) is 18.1. The molecule has 1 aromatic carbocycles. The van der Waals surface area contributed by atoms with Gasteiger partial charge in [-0.05, 0) is 31.0 Å². The Morgan fingerprint density at radius 3 is 2.93 bits per heavy atom. The van der Waals surface area contributed by atoms with Crippen LogP contribution in [0.1, 0.15) is 18.9 Å². The Morgan fingerprint density at radius 1 is 1.26 bits per heavy atom. The van der Waals surface area contributed by atoms with E-state index in [0.29, 0.717) is 0 Å². The van der Waals surface area contributed by atoms with Gasteiger partial charge in [-0.3, -0.25) is 14.1 Å². The average Bonchev–Trinajstić information content (AvgIpc) is 3.30. The fourth-order valence-corrected chi connectivity index (χ4v) is 4.36. The zero-order valence-corrected chi connectivity index (χ0v) is 16.2. The Labute approximate surface area is 163 Å². The van der Waals surface area contributed by atoms with Crippen LogP contribution in [-0.2, 0) is 11.3 Å². The number of rotatable bonds is 6. The molecule has 2 atom stereocenters. The molecule has 1 fully saturated rings. The minimum Gasteiger partial charge on any atom is -0.351 e. The first-order chi connectivity index (χ1) is 13.2. The van der Waals surface area contributed by atoms with Gasteiger partial charge in [-0.2, -0.15) is 0 Å². The van der Waals surface area contributed by atoms with Crippen molar-refractivity contribution in [3.8, 4) is 0 Å². The molecule has 3 heterocycles. The van der Waals surface area contributed by atoms with E-state index in [1.54, 1.807) is 0 Å². The number of imidazole rings is 1. The lowest BCUT2D eigenvalue weighted by atomic mass is 10.2. The van der Waals surface area contributed by atoms with E-state index in [9.17, 15) is 4.79 Å². The zero-order chi connectivity index (χ0) is 18.6. The molecule has 1 saturated heterocycles. The molecule has 1 aliphatic heterocycles. The average molecular weight is 381 g/mol. The third kappa shape index (κ3) is 4.34. The number of nitrogens with one attached hydrogen (secondary N) is 1. The highest BCUT2D eigenvalue weighted by atomic mass is 32.2. The Kier molecular flexibility index (Phi) is 5.45. The minimum absolute atomic E-state index is 0.0826. The molecular formula is C21H24N4OS. The maximum absolute atomic E-state index is 12.6. The van der Waals surface area contributed by atoms with Crippen molar-refractivity contribution in [2.24, 2.45) is 0 Å². The molecule has 2 aromatic heterocycles. The molecule has 0 bridgehead atoms. The molecule has 0 aliphatic carbocycles. The van der Waals surface area contributed by atoms with E-state index in [0.717, 1.165) is 36.7 Å². The van der Waals surface area contributed by atoms with Gasteiger partial charge < -0.3 is 5.32 Å². The standard InChI is InChI=1S/C21H24N4OS/c1-16(27-21-22-13-19-9-5-6-11-25(19)21)20(26)23-18-10-12-24(15-18)14-17-7-3-2-4-8-17/h2-9,11,13,16,18H,10,12,14-15H2,1H3,(H,23,26). The van der Waals surface area contributed by atoms with Gasteiger partial charge in [-0.25, -0.2) is 4.98 Å². The molecule has 5 nitrogen and oxygen atoms in total. The summed E-state index contributed by atoms with van der Waals surface area (Å²) in [6, 6.07) is 16.7. The van der Waals surface area contributed by atoms with Gasteiger partial charge in [0, 0.05) is 31.9 Å². The van der Waals surface area contributed by atoms with Crippen LogP contribution in [-0.4, -0.2) is 44.6 Å². The predicted octanol–water partition coefficient (Wildman–Crippen LogP) is 3.21. The summed E-state index contributed by atoms with van der Waals surface area (Å²) in [6.07, 6.45) is 4.82. The van der Waals surface area contributed by atoms with Crippen molar-refractivity contribution in [3.63, 3.8) is 0 Å². The molecule has 27 heavy (non-hydrogen) atoms. The summed E-state index contributed by atoms with van der Waals surface area (Å²) in [4.78, 5) is 19.5. The molecule has 4 rings (SSSR count). The second-order valence-corrected chi connectivity index (χ2v) is 8.32. The van der Waals surface area contributed by atoms with E-state index >= 15 is 0 Å². The van der Waals surface area contributed by atoms with E-state index < -0.39 is 0 Å². The molecule has 2 unspecified atom stereocenters. The van der Waals surface area contributed by atoms with Gasteiger partial charge in [0.1, 0.15) is 0 Å². The van der Waals surface area contributed by atoms with Crippen LogP contribution in [0.4, 0.5) is 0 Å². The van der Waals surface area contributed by atoms with Crippen LogP contribution in [0.3, 0.4) is 0 Å². The highest BCUT2D eigenvalue weighted by Gasteiger charge is 2.26. The van der Waals surface area contributed by atoms with Crippen LogP contribution in [0.15, 0.2) is 66.1 Å². The number of aromatic nitrogens is 2. The summed E-state index contributed by atoms with van der Waals surface area (Å²) in [5, 5.41) is 3.89. The highest BCUT2D eigenvalue weighted by Crippen LogP contribution is 2.23. The Bertz CT molecular complexity index is 911. The van der Waals surface area contributed by atoms with Crippen molar-refractivity contribution >= 4 is 23.2 Å². The number of hydrogen-bond acceptors (Lipinski definition) is 4. The SMILES string of the molecule is CC(Sc1ncc2ccccn12)C(=O)NC1CCN(Cc2ccccc2)C1. The van der Waals surface area contributed by atoms with E-state index in [4.69, 9.17) is 0 Å². The molecule has 1 aliphatic rings. The Morgan fingerprint density at radius 2 is 2.07 bits per heavy atom. The lowest BCUT2D eigenvalue weighted by molar-refractivity contribution is -0.120. The first-order valence-corrected chi connectivity index (χ1v) is 10.2. The summed E-state index contributed by atoms with van der Waals surface area (Å²) in [6.45, 7) is 4.81. The number of hydrogen-bond donors (Lipinski definition) is 1. The number of carbonyl (C=O) groups excluding carboxylic acids is 1. The molecule has 6 heteroatoms. The van der Waals surface area contributed by atoms with E-state index in [1.807, 2.05) is 48.0 Å². The Hall–Kier alpha value is -2.31. The van der Waals surface area contributed by atoms with Crippen molar-refractivity contribution in [3.05, 3.63) is 66.5 Å². The van der Waals surface area contributed by atoms with Gasteiger partial charge in [0.25, 0.3) is 0 Å². The smallest absolute Gasteiger partial charge is 0.233 e. The third-order valence-electron chi connectivity index (χ3n) is 4.92. The summed E-state index contributed by atoms with van der Waals surface area (Å²) in [5.41, 5.74) is 2.36. The number of amides is 1. The molecule has 0 saturated carbocycles. The predicted molar refractivity (Wildman–Crippen MR) is 109 cm³/mol. The molecule has 0 spiro atoms. The zero-order valence-electron chi connectivity index (χ0n) is 15.4. The number of fused-ring (bicyclic) bond motifs is 1. The summed E-state index contributed by atoms with van der Waals surface area (Å²) in [7, 11) is 0. The van der Waals surface area contributed by atoms with Crippen molar-refractivity contribution in [1.29, 1.82) is 0 Å². The number of likely N-dealkylation sites (tertiary alicyclic amines) is 1. The summed E-state index contributed by atoms with van der Waals surface area (Å²) >= 11 is 1.50. The lowest BCUT2D eigenvalue weighted by Gasteiger charge is -2.18. The van der Waals surface area contributed by atoms with Gasteiger partial charge >= 0.3 is 0 Å². The van der Waals surface area contributed by atoms with Gasteiger partial charge in [-0.15, -0.1) is 0 Å². The third-order valence-corrected chi connectivity index (χ3v) is 6.00. The number of pyridine rings is 1. The molecular weight excluding hydrogens is 356 g/mol. The number of nitrogens with zero attached hydrogens (tertiary/aromatic N) is 3. The van der Waals surface area contributed by atoms with Gasteiger partial charge in [0.2, 0.25) is 5.91 Å². The number of benzene rings is 1. The van der Waals surface area contributed by atoms with Crippen molar-refractivity contribution in [2.75, 3.05) is 13.1 Å². The Balaban J connectivity index is 1.30.